The second-order valence-corrected chi connectivity index (χ2v) is 38.5. The molecule has 0 radical (unpaired) electrons. The highest BCUT2D eigenvalue weighted by molar-refractivity contribution is 8.24. The van der Waals surface area contributed by atoms with E-state index in [9.17, 15) is 42.9 Å². The predicted molar refractivity (Wildman–Crippen MR) is 575 cm³/mol. The highest BCUT2D eigenvalue weighted by Gasteiger charge is 2.28. The van der Waals surface area contributed by atoms with Crippen LogP contribution in [0.1, 0.15) is 130 Å². The summed E-state index contributed by atoms with van der Waals surface area (Å²) >= 11 is 20.3. The van der Waals surface area contributed by atoms with E-state index in [-0.39, 0.29) is 88.9 Å². The molecule has 0 unspecified atom stereocenters. The van der Waals surface area contributed by atoms with Crippen molar-refractivity contribution in [1.29, 1.82) is 0 Å². The van der Waals surface area contributed by atoms with Gasteiger partial charge in [0.15, 0.2) is 0 Å². The van der Waals surface area contributed by atoms with Crippen LogP contribution in [0.3, 0.4) is 0 Å². The summed E-state index contributed by atoms with van der Waals surface area (Å²) in [5.74, 6) is 1.06. The van der Waals surface area contributed by atoms with Gasteiger partial charge in [0.1, 0.15) is 39.7 Å². The number of hydrogen-bond acceptors (Lipinski definition) is 24. The fraction of sp³-hybridized carbons (Fsp3) is 0.268. The number of pyridine rings is 5. The Morgan fingerprint density at radius 2 is 0.729 bits per heavy atom. The molecule has 1 saturated heterocycles. The number of aliphatic hydroxyl groups excluding tert-OH is 1. The number of halogens is 4. The minimum Gasteiger partial charge on any atom is -0.497 e. The quantitative estimate of drug-likeness (QED) is 0.00553. The number of carboxylic acids is 1. The summed E-state index contributed by atoms with van der Waals surface area (Å²) in [6.45, 7) is 13.4. The second kappa shape index (κ2) is 61.1. The number of ether oxygens (including phenoxy) is 8. The van der Waals surface area contributed by atoms with Crippen LogP contribution in [0.25, 0.3) is 110 Å². The molecular formula is C112H124Cl4N7O20P. The van der Waals surface area contributed by atoms with E-state index >= 15 is 0 Å². The van der Waals surface area contributed by atoms with Gasteiger partial charge in [0, 0.05) is 101 Å². The zero-order valence-electron chi connectivity index (χ0n) is 81.6. The first-order chi connectivity index (χ1) is 68.9. The van der Waals surface area contributed by atoms with E-state index < -0.39 is 29.0 Å². The number of nitrogens with zero attached hydrogens (tertiary/aromatic N) is 5. The maximum absolute atomic E-state index is 12.6. The third-order valence-electron chi connectivity index (χ3n) is 21.6. The van der Waals surface area contributed by atoms with Crippen molar-refractivity contribution in [3.8, 4) is 84.4 Å². The monoisotopic (exact) mass is 2060 g/mol. The number of amides is 2. The Kier molecular flexibility index (Phi) is 49.6. The number of methoxy groups -OCH3 is 5. The van der Waals surface area contributed by atoms with Gasteiger partial charge < -0.3 is 58.8 Å². The van der Waals surface area contributed by atoms with Crippen LogP contribution >= 0.6 is 50.5 Å². The van der Waals surface area contributed by atoms with Crippen molar-refractivity contribution in [2.24, 2.45) is 5.73 Å². The van der Waals surface area contributed by atoms with Crippen LogP contribution in [0.5, 0.6) is 28.7 Å². The first-order valence-electron chi connectivity index (χ1n) is 46.2. The molecule has 1 fully saturated rings. The minimum atomic E-state index is -3.22. The topological polar surface area (TPSA) is 385 Å². The molecule has 32 heteroatoms. The molecule has 10 aromatic carbocycles. The number of fused-ring (bicyclic) bond motifs is 5. The fourth-order valence-electron chi connectivity index (χ4n) is 15.2. The summed E-state index contributed by atoms with van der Waals surface area (Å²) in [7, 11) is 8.12. The van der Waals surface area contributed by atoms with E-state index in [1.54, 1.807) is 87.8 Å². The molecule has 1 aliphatic rings. The Labute approximate surface area is 859 Å². The number of aliphatic hydroxyl groups is 1. The summed E-state index contributed by atoms with van der Waals surface area (Å²) in [6, 6.07) is 77.7. The van der Waals surface area contributed by atoms with Gasteiger partial charge in [-0.3, -0.25) is 63.1 Å². The molecule has 27 nitrogen and oxygen atoms in total. The van der Waals surface area contributed by atoms with Crippen LogP contribution in [-0.2, 0) is 84.4 Å². The highest BCUT2D eigenvalue weighted by Crippen LogP contribution is 2.61. The van der Waals surface area contributed by atoms with Crippen molar-refractivity contribution in [3.63, 3.8) is 0 Å². The van der Waals surface area contributed by atoms with E-state index in [4.69, 9.17) is 70.6 Å². The first-order valence-corrected chi connectivity index (χ1v) is 51.0. The molecule has 6 N–H and O–H groups in total. The molecule has 0 atom stereocenters. The lowest BCUT2D eigenvalue weighted by Crippen LogP contribution is -2.24. The maximum Gasteiger partial charge on any atom is 0.339 e. The Hall–Kier alpha value is -14.0. The summed E-state index contributed by atoms with van der Waals surface area (Å²) in [4.78, 5) is 114. The van der Waals surface area contributed by atoms with Crippen LogP contribution in [0.2, 0.25) is 5.15 Å². The Balaban J connectivity index is 0.000000262. The predicted octanol–water partition coefficient (Wildman–Crippen LogP) is 25.1. The normalized spacial score (nSPS) is 11.0. The average Bonchev–Trinajstić information content (AvgIpc) is 0.867. The Morgan fingerprint density at radius 3 is 1.05 bits per heavy atom. The number of H-pyrrole nitrogens is 1. The summed E-state index contributed by atoms with van der Waals surface area (Å²) in [5.41, 5.74) is 22.0. The number of Topliss-reactive ketones (excluding diaryl/α,β-unsaturated/α-hetero) is 1. The average molecular weight is 2060 g/mol. The summed E-state index contributed by atoms with van der Waals surface area (Å²) in [5, 5.41) is 27.0. The molecule has 15 aromatic rings. The number of carboxylic acid groups (broad SMARTS) is 1. The van der Waals surface area contributed by atoms with Gasteiger partial charge >= 0.3 is 29.1 Å². The van der Waals surface area contributed by atoms with E-state index in [1.807, 2.05) is 225 Å². The first kappa shape index (κ1) is 117. The number of nitrogens with two attached hydrogens (primary N) is 1. The molecule has 0 spiro atoms. The number of hydroxylamine groups is 2. The molecule has 16 rings (SSSR count). The number of esters is 3. The number of hydrogen-bond donors (Lipinski definition) is 5. The molecule has 0 bridgehead atoms. The van der Waals surface area contributed by atoms with Crippen molar-refractivity contribution in [3.05, 3.63) is 305 Å². The molecule has 0 saturated carbocycles. The third kappa shape index (κ3) is 35.6. The number of aromatic amines is 1. The van der Waals surface area contributed by atoms with Gasteiger partial charge in [-0.05, 0) is 239 Å². The van der Waals surface area contributed by atoms with Gasteiger partial charge in [0.05, 0.1) is 103 Å². The van der Waals surface area contributed by atoms with Crippen LogP contribution in [0, 0.1) is 0 Å². The second-order valence-electron chi connectivity index (χ2n) is 31.5. The smallest absolute Gasteiger partial charge is 0.339 e. The molecule has 760 valence electrons. The van der Waals surface area contributed by atoms with Crippen molar-refractivity contribution in [1.82, 2.24) is 30.0 Å². The third-order valence-corrected chi connectivity index (χ3v) is 21.9. The van der Waals surface area contributed by atoms with Gasteiger partial charge in [0.2, 0.25) is 0 Å². The molecule has 6 heterocycles. The lowest BCUT2D eigenvalue weighted by atomic mass is 9.93. The van der Waals surface area contributed by atoms with Crippen molar-refractivity contribution < 1.29 is 92.9 Å². The number of ketones is 1. The zero-order valence-corrected chi connectivity index (χ0v) is 85.5. The molecule has 2 amide bonds. The van der Waals surface area contributed by atoms with Gasteiger partial charge in [0.25, 0.3) is 17.4 Å². The number of rotatable bonds is 29. The standard InChI is InChI=1S/C23H25NO2.C20H18ClNO3.C20H19NO4.C20H19NO3.C18H15NO3.C4H5NO3.C4H11N.C2H6O.CH4.Cl3OP.H2/c1-3-4-6-11-19(25)14-18-16-24-22-13-12-20(26-2)15-21(22)23(18)17-9-7-5-8-10-17;1-3-25-18(23)12-16-19(13-7-5-4-6-8-13)15-11-14(24-2)9-10-17(15)22-20(16)21;1-3-25-18(22)12-16-19(13-7-5-4-6-8-13)15-11-14(24-2)9-10-17(15)21-20(16)23;1-3-24-19(22)11-15-13-21-18-10-9-16(23-2)12-17(18)20(15)14-7-5-4-6-8-14;1-22-14-7-8-16-15(10-14)18(12-5-3-2-4-6-12)13(11-19-16)9-17(20)21;6-3-1-2-4(7)5(3)8;1-2-3-4-5;1-2-3;;1-5(2,3)4;/h5,7-10,12-13,15-16H,3-4,6,11,14H2,1-2H3;4-11H,3,12H2,1-2H3;4-11H,3,12H2,1-2H3,(H,21,23);4-10,12-13H,3,11H2,1-2H3;2-8,10-11H,9H2,1H3,(H,20,21);8H,1-2H2;2-5H2,1H3;3H,2H2,1H3;1H4;;1H. The Bertz CT molecular complexity index is 6840. The van der Waals surface area contributed by atoms with E-state index in [0.29, 0.717) is 59.2 Å². The highest BCUT2D eigenvalue weighted by atomic mass is 36.0. The van der Waals surface area contributed by atoms with E-state index in [1.165, 1.54) is 12.8 Å². The van der Waals surface area contributed by atoms with Gasteiger partial charge in [-0.15, -0.1) is 0 Å². The van der Waals surface area contributed by atoms with Gasteiger partial charge in [-0.2, -0.15) is 5.06 Å². The van der Waals surface area contributed by atoms with Crippen LogP contribution in [0.15, 0.2) is 266 Å². The minimum absolute atomic E-state index is 0. The number of unbranched alkanes of at least 4 members (excludes halogenated alkanes) is 3. The SMILES string of the molecule is C.CCCCCC(=O)Cc1cnc2ccc(OC)cc2c1-c1ccccc1.CCCCN.CCO.CCOC(=O)Cc1c(-c2ccccc2)c2cc(OC)ccc2[nH]c1=O.CCOC(=O)Cc1c(Cl)nc2ccc(OC)cc2c1-c1ccccc1.CCOC(=O)Cc1cnc2ccc(OC)cc2c1-c1ccccc1.COc1ccc2ncc(CC(=O)O)c(-c3ccccc3)c2c1.O=C1CCC(=O)N1O.O=P(Cl)(Cl)Cl.[HH]. The van der Waals surface area contributed by atoms with Gasteiger partial charge in [-0.1, -0.05) is 204 Å². The number of carbonyl (C=O) groups is 7. The van der Waals surface area contributed by atoms with Crippen molar-refractivity contribution in [2.75, 3.05) is 68.5 Å². The summed E-state index contributed by atoms with van der Waals surface area (Å²) in [6.07, 6.45) is 12.3. The van der Waals surface area contributed by atoms with E-state index in [2.05, 4.69) is 84.6 Å². The number of nitrogens with one attached hydrogen (secondary N) is 1. The number of aliphatic carboxylic acids is 1. The lowest BCUT2D eigenvalue weighted by molar-refractivity contribution is -0.171. The zero-order chi connectivity index (χ0) is 104. The Morgan fingerprint density at radius 1 is 0.424 bits per heavy atom. The van der Waals surface area contributed by atoms with Crippen molar-refractivity contribution >= 4 is 147 Å². The number of imide groups is 1. The van der Waals surface area contributed by atoms with E-state index in [0.717, 1.165) is 165 Å². The molecule has 144 heavy (non-hydrogen) atoms. The van der Waals surface area contributed by atoms with Crippen LogP contribution < -0.4 is 35.0 Å². The fourth-order valence-corrected chi connectivity index (χ4v) is 15.4. The van der Waals surface area contributed by atoms with Crippen LogP contribution in [0.4, 0.5) is 0 Å². The summed E-state index contributed by atoms with van der Waals surface area (Å²) < 4.78 is 51.5. The maximum atomic E-state index is 12.6. The van der Waals surface area contributed by atoms with Gasteiger partial charge in [-0.25, -0.2) is 4.98 Å². The molecule has 0 aliphatic carbocycles. The molecule has 1 aliphatic heterocycles. The number of aromatic nitrogens is 5. The number of carbonyl (C=O) groups excluding carboxylic acids is 6. The molecular weight excluding hydrogens is 1940 g/mol. The lowest BCUT2D eigenvalue weighted by Gasteiger charge is -2.15. The number of benzene rings is 10. The molecule has 5 aromatic heterocycles. The largest absolute Gasteiger partial charge is 0.497 e. The van der Waals surface area contributed by atoms with Crippen molar-refractivity contribution in [2.45, 2.75) is 132 Å². The van der Waals surface area contributed by atoms with Crippen LogP contribution in [-0.4, -0.2) is 155 Å².